The Bertz CT molecular complexity index is 1350. The first-order valence-corrected chi connectivity index (χ1v) is 14.3. The second kappa shape index (κ2) is 12.6. The first-order valence-electron chi connectivity index (χ1n) is 11.7. The van der Waals surface area contributed by atoms with Crippen molar-refractivity contribution in [3.05, 3.63) is 93.4 Å². The molecule has 0 aliphatic heterocycles. The number of likely N-dealkylation sites (N-methyl/N-ethyl adjacent to an activating group) is 1. The molecule has 3 rings (SSSR count). The molecule has 2 amide bonds. The number of aryl methyl sites for hydroxylation is 1. The van der Waals surface area contributed by atoms with Crippen molar-refractivity contribution < 1.29 is 18.0 Å². The zero-order valence-corrected chi connectivity index (χ0v) is 24.0. The molecule has 0 bridgehead atoms. The highest BCUT2D eigenvalue weighted by Gasteiger charge is 2.33. The van der Waals surface area contributed by atoms with Crippen LogP contribution in [0, 0.1) is 6.92 Å². The summed E-state index contributed by atoms with van der Waals surface area (Å²) < 4.78 is 29.3. The van der Waals surface area contributed by atoms with E-state index in [1.807, 2.05) is 6.92 Å². The monoisotopic (exact) mass is 605 g/mol. The zero-order valence-electron chi connectivity index (χ0n) is 20.8. The molecular formula is C27H29BrClN3O4S. The predicted octanol–water partition coefficient (Wildman–Crippen LogP) is 5.16. The van der Waals surface area contributed by atoms with Crippen LogP contribution in [-0.4, -0.2) is 44.8 Å². The van der Waals surface area contributed by atoms with Crippen LogP contribution in [-0.2, 0) is 26.2 Å². The van der Waals surface area contributed by atoms with Crippen molar-refractivity contribution in [3.63, 3.8) is 0 Å². The van der Waals surface area contributed by atoms with Crippen LogP contribution in [0.4, 0.5) is 5.69 Å². The number of carbonyl (C=O) groups is 2. The summed E-state index contributed by atoms with van der Waals surface area (Å²) >= 11 is 9.41. The van der Waals surface area contributed by atoms with Gasteiger partial charge in [0, 0.05) is 23.1 Å². The van der Waals surface area contributed by atoms with Crippen LogP contribution < -0.4 is 9.62 Å². The molecule has 3 aromatic rings. The summed E-state index contributed by atoms with van der Waals surface area (Å²) in [5.41, 5.74) is 1.99. The Morgan fingerprint density at radius 1 is 1.03 bits per heavy atom. The average Bonchev–Trinajstić information content (AvgIpc) is 2.88. The van der Waals surface area contributed by atoms with E-state index in [1.165, 1.54) is 24.1 Å². The third kappa shape index (κ3) is 7.12. The smallest absolute Gasteiger partial charge is 0.264 e. The molecule has 1 N–H and O–H groups in total. The Labute approximate surface area is 231 Å². The van der Waals surface area contributed by atoms with Crippen LogP contribution >= 0.6 is 27.5 Å². The molecule has 196 valence electrons. The fourth-order valence-corrected chi connectivity index (χ4v) is 5.79. The number of rotatable bonds is 10. The van der Waals surface area contributed by atoms with Crippen molar-refractivity contribution in [2.75, 3.05) is 17.9 Å². The number of benzene rings is 3. The molecule has 0 fully saturated rings. The summed E-state index contributed by atoms with van der Waals surface area (Å²) in [4.78, 5) is 28.0. The van der Waals surface area contributed by atoms with E-state index in [2.05, 4.69) is 21.2 Å². The number of halogens is 2. The van der Waals surface area contributed by atoms with E-state index in [0.29, 0.717) is 21.6 Å². The lowest BCUT2D eigenvalue weighted by Gasteiger charge is -2.33. The van der Waals surface area contributed by atoms with E-state index in [0.717, 1.165) is 15.4 Å². The first-order chi connectivity index (χ1) is 17.6. The molecule has 0 aromatic heterocycles. The van der Waals surface area contributed by atoms with Crippen molar-refractivity contribution in [2.24, 2.45) is 0 Å². The van der Waals surface area contributed by atoms with Crippen molar-refractivity contribution >= 4 is 55.1 Å². The molecule has 0 aliphatic carbocycles. The third-order valence-corrected chi connectivity index (χ3v) is 8.42. The second-order valence-corrected chi connectivity index (χ2v) is 11.7. The molecule has 1 atom stereocenters. The maximum Gasteiger partial charge on any atom is 0.264 e. The van der Waals surface area contributed by atoms with Gasteiger partial charge in [0.1, 0.15) is 12.6 Å². The minimum absolute atomic E-state index is 0.0634. The Hall–Kier alpha value is -2.88. The van der Waals surface area contributed by atoms with Gasteiger partial charge in [-0.25, -0.2) is 8.42 Å². The van der Waals surface area contributed by atoms with Gasteiger partial charge in [-0.1, -0.05) is 70.3 Å². The van der Waals surface area contributed by atoms with Gasteiger partial charge in [0.25, 0.3) is 10.0 Å². The van der Waals surface area contributed by atoms with Gasteiger partial charge >= 0.3 is 0 Å². The zero-order chi connectivity index (χ0) is 27.2. The van der Waals surface area contributed by atoms with Crippen molar-refractivity contribution in [1.29, 1.82) is 0 Å². The molecule has 0 unspecified atom stereocenters. The number of anilines is 1. The van der Waals surface area contributed by atoms with Gasteiger partial charge in [0.15, 0.2) is 0 Å². The van der Waals surface area contributed by atoms with E-state index in [4.69, 9.17) is 11.6 Å². The molecular weight excluding hydrogens is 578 g/mol. The lowest BCUT2D eigenvalue weighted by Crippen LogP contribution is -2.51. The van der Waals surface area contributed by atoms with Crippen LogP contribution in [0.2, 0.25) is 5.02 Å². The predicted molar refractivity (Wildman–Crippen MR) is 150 cm³/mol. The number of amides is 2. The van der Waals surface area contributed by atoms with Gasteiger partial charge < -0.3 is 10.2 Å². The highest BCUT2D eigenvalue weighted by atomic mass is 79.9. The summed E-state index contributed by atoms with van der Waals surface area (Å²) in [6, 6.07) is 19.4. The molecule has 0 saturated carbocycles. The largest absolute Gasteiger partial charge is 0.357 e. The minimum Gasteiger partial charge on any atom is -0.357 e. The van der Waals surface area contributed by atoms with Gasteiger partial charge in [0.05, 0.1) is 10.6 Å². The van der Waals surface area contributed by atoms with E-state index >= 15 is 0 Å². The van der Waals surface area contributed by atoms with Crippen molar-refractivity contribution in [2.45, 2.75) is 37.8 Å². The molecule has 0 heterocycles. The summed E-state index contributed by atoms with van der Waals surface area (Å²) in [5, 5.41) is 3.15. The lowest BCUT2D eigenvalue weighted by atomic mass is 10.1. The number of carbonyl (C=O) groups excluding carboxylic acids is 2. The van der Waals surface area contributed by atoms with Gasteiger partial charge in [-0.15, -0.1) is 0 Å². The van der Waals surface area contributed by atoms with Gasteiger partial charge in [-0.3, -0.25) is 13.9 Å². The van der Waals surface area contributed by atoms with Crippen LogP contribution in [0.5, 0.6) is 0 Å². The highest BCUT2D eigenvalue weighted by molar-refractivity contribution is 9.10. The standard InChI is InChI=1S/C27H29BrClN3O4S/c1-4-25(27(34)30-3)31(17-20-10-12-22(29)13-11-20)26(33)18-32(23-7-5-6-21(28)16-23)37(35,36)24-14-8-19(2)9-15-24/h5-16,25H,4,17-18H2,1-3H3,(H,30,34)/t25-/m1/s1. The van der Waals surface area contributed by atoms with Gasteiger partial charge in [-0.05, 0) is 61.4 Å². The number of nitrogens with one attached hydrogen (secondary N) is 1. The van der Waals surface area contributed by atoms with Crippen LogP contribution in [0.25, 0.3) is 0 Å². The number of nitrogens with zero attached hydrogens (tertiary/aromatic N) is 2. The molecule has 10 heteroatoms. The Morgan fingerprint density at radius 3 is 2.24 bits per heavy atom. The van der Waals surface area contributed by atoms with E-state index in [1.54, 1.807) is 67.6 Å². The summed E-state index contributed by atoms with van der Waals surface area (Å²) in [7, 11) is -2.60. The van der Waals surface area contributed by atoms with E-state index in [-0.39, 0.29) is 17.3 Å². The maximum atomic E-state index is 13.8. The van der Waals surface area contributed by atoms with E-state index in [9.17, 15) is 18.0 Å². The third-order valence-electron chi connectivity index (χ3n) is 5.88. The van der Waals surface area contributed by atoms with Crippen LogP contribution in [0.3, 0.4) is 0 Å². The first kappa shape index (κ1) is 28.7. The van der Waals surface area contributed by atoms with Gasteiger partial charge in [-0.2, -0.15) is 0 Å². The summed E-state index contributed by atoms with van der Waals surface area (Å²) in [6.45, 7) is 3.29. The van der Waals surface area contributed by atoms with Crippen LogP contribution in [0.15, 0.2) is 82.2 Å². The molecule has 7 nitrogen and oxygen atoms in total. The van der Waals surface area contributed by atoms with Gasteiger partial charge in [0.2, 0.25) is 11.8 Å². The normalized spacial score (nSPS) is 12.0. The topological polar surface area (TPSA) is 86.8 Å². The molecule has 0 radical (unpaired) electrons. The average molecular weight is 607 g/mol. The molecule has 3 aromatic carbocycles. The van der Waals surface area contributed by atoms with Crippen molar-refractivity contribution in [3.8, 4) is 0 Å². The fourth-order valence-electron chi connectivity index (χ4n) is 3.87. The summed E-state index contributed by atoms with van der Waals surface area (Å²) in [6.07, 6.45) is 0.348. The lowest BCUT2D eigenvalue weighted by molar-refractivity contribution is -0.140. The molecule has 37 heavy (non-hydrogen) atoms. The number of sulfonamides is 1. The fraction of sp³-hybridized carbons (Fsp3) is 0.259. The SMILES string of the molecule is CC[C@H](C(=O)NC)N(Cc1ccc(Cl)cc1)C(=O)CN(c1cccc(Br)c1)S(=O)(=O)c1ccc(C)cc1. The Balaban J connectivity index is 2.05. The van der Waals surface area contributed by atoms with Crippen molar-refractivity contribution in [1.82, 2.24) is 10.2 Å². The minimum atomic E-state index is -4.11. The molecule has 0 saturated heterocycles. The Morgan fingerprint density at radius 2 is 1.68 bits per heavy atom. The number of hydrogen-bond acceptors (Lipinski definition) is 4. The molecule has 0 spiro atoms. The highest BCUT2D eigenvalue weighted by Crippen LogP contribution is 2.27. The Kier molecular flexibility index (Phi) is 9.75. The maximum absolute atomic E-state index is 13.8. The second-order valence-electron chi connectivity index (χ2n) is 8.49. The quantitative estimate of drug-likeness (QED) is 0.346. The number of hydrogen-bond donors (Lipinski definition) is 1. The molecule has 0 aliphatic rings. The van der Waals surface area contributed by atoms with Crippen LogP contribution in [0.1, 0.15) is 24.5 Å². The van der Waals surface area contributed by atoms with E-state index < -0.39 is 28.5 Å². The summed E-state index contributed by atoms with van der Waals surface area (Å²) in [5.74, 6) is -0.846.